The minimum Gasteiger partial charge on any atom is -0.324 e. The van der Waals surface area contributed by atoms with Gasteiger partial charge in [-0.15, -0.1) is 0 Å². The molecule has 2 aliphatic carbocycles. The molecule has 2 aliphatic rings. The lowest BCUT2D eigenvalue weighted by Gasteiger charge is -2.15. The molecule has 0 aliphatic heterocycles. The normalized spacial score (nSPS) is 31.2. The second-order valence-electron chi connectivity index (χ2n) is 7.43. The smallest absolute Gasteiger partial charge is 0.0341 e. The maximum absolute atomic E-state index is 6.23. The van der Waals surface area contributed by atoms with Crippen molar-refractivity contribution in [3.05, 3.63) is 35.4 Å². The molecule has 104 valence electrons. The first-order valence-corrected chi connectivity index (χ1v) is 7.43. The molecule has 0 bridgehead atoms. The van der Waals surface area contributed by atoms with Crippen LogP contribution in [-0.4, -0.2) is 6.54 Å². The van der Waals surface area contributed by atoms with Crippen LogP contribution < -0.4 is 11.1 Å². The number of rotatable bonds is 3. The molecule has 3 N–H and O–H groups in total. The van der Waals surface area contributed by atoms with Gasteiger partial charge < -0.3 is 11.1 Å². The molecule has 3 rings (SSSR count). The van der Waals surface area contributed by atoms with Gasteiger partial charge in [0.15, 0.2) is 0 Å². The maximum atomic E-state index is 6.23. The van der Waals surface area contributed by atoms with Gasteiger partial charge in [-0.2, -0.15) is 0 Å². The van der Waals surface area contributed by atoms with E-state index >= 15 is 0 Å². The van der Waals surface area contributed by atoms with Crippen molar-refractivity contribution < 1.29 is 0 Å². The summed E-state index contributed by atoms with van der Waals surface area (Å²) in [6, 6.07) is 9.26. The van der Waals surface area contributed by atoms with Crippen molar-refractivity contribution in [1.29, 1.82) is 0 Å². The Morgan fingerprint density at radius 1 is 1.11 bits per heavy atom. The number of nitrogens with one attached hydrogen (secondary N) is 1. The summed E-state index contributed by atoms with van der Waals surface area (Å²) in [5.74, 6) is 0.768. The van der Waals surface area contributed by atoms with Crippen molar-refractivity contribution in [3.63, 3.8) is 0 Å². The van der Waals surface area contributed by atoms with Gasteiger partial charge in [0.1, 0.15) is 0 Å². The summed E-state index contributed by atoms with van der Waals surface area (Å²) in [6.45, 7) is 10.6. The number of hydrogen-bond donors (Lipinski definition) is 2. The number of fused-ring (bicyclic) bond motifs is 1. The largest absolute Gasteiger partial charge is 0.324 e. The lowest BCUT2D eigenvalue weighted by atomic mass is 10.0. The molecule has 1 aromatic rings. The third-order valence-corrected chi connectivity index (χ3v) is 6.15. The van der Waals surface area contributed by atoms with Crippen LogP contribution in [0.2, 0.25) is 0 Å². The van der Waals surface area contributed by atoms with E-state index in [1.807, 2.05) is 0 Å². The highest BCUT2D eigenvalue weighted by molar-refractivity contribution is 5.37. The fourth-order valence-electron chi connectivity index (χ4n) is 3.97. The predicted octanol–water partition coefficient (Wildman–Crippen LogP) is 3.40. The van der Waals surface area contributed by atoms with Crippen LogP contribution in [0.15, 0.2) is 24.3 Å². The molecule has 0 amide bonds. The van der Waals surface area contributed by atoms with E-state index in [4.69, 9.17) is 5.73 Å². The summed E-state index contributed by atoms with van der Waals surface area (Å²) in [6.07, 6.45) is 1.03. The van der Waals surface area contributed by atoms with Gasteiger partial charge in [0.25, 0.3) is 0 Å². The molecule has 1 fully saturated rings. The Morgan fingerprint density at radius 3 is 2.26 bits per heavy atom. The number of benzene rings is 1. The number of nitrogens with two attached hydrogens (primary N) is 1. The van der Waals surface area contributed by atoms with E-state index in [9.17, 15) is 0 Å². The summed E-state index contributed by atoms with van der Waals surface area (Å²) in [5, 5.41) is 3.76. The van der Waals surface area contributed by atoms with E-state index in [0.29, 0.717) is 16.9 Å². The Labute approximate surface area is 116 Å². The van der Waals surface area contributed by atoms with Gasteiger partial charge in [0.2, 0.25) is 0 Å². The third-order valence-electron chi connectivity index (χ3n) is 6.15. The minimum absolute atomic E-state index is 0.203. The summed E-state index contributed by atoms with van der Waals surface area (Å²) < 4.78 is 0. The average Bonchev–Trinajstić information content (AvgIpc) is 2.64. The Kier molecular flexibility index (Phi) is 2.81. The highest BCUT2D eigenvalue weighted by Crippen LogP contribution is 2.68. The van der Waals surface area contributed by atoms with Crippen LogP contribution in [0.4, 0.5) is 0 Å². The lowest BCUT2D eigenvalue weighted by Crippen LogP contribution is -2.24. The van der Waals surface area contributed by atoms with E-state index < -0.39 is 0 Å². The molecular formula is C17H26N2. The van der Waals surface area contributed by atoms with E-state index in [-0.39, 0.29) is 6.04 Å². The molecule has 0 heterocycles. The molecule has 2 atom stereocenters. The molecule has 0 radical (unpaired) electrons. The first-order chi connectivity index (χ1) is 8.85. The molecule has 2 heteroatoms. The van der Waals surface area contributed by atoms with Crippen molar-refractivity contribution in [2.45, 2.75) is 46.2 Å². The fourth-order valence-corrected chi connectivity index (χ4v) is 3.97. The van der Waals surface area contributed by atoms with Crippen molar-refractivity contribution in [2.24, 2.45) is 22.5 Å². The molecule has 1 saturated carbocycles. The summed E-state index contributed by atoms with van der Waals surface area (Å²) in [4.78, 5) is 0. The van der Waals surface area contributed by atoms with Crippen LogP contribution in [0, 0.1) is 16.7 Å². The maximum Gasteiger partial charge on any atom is 0.0341 e. The highest BCUT2D eigenvalue weighted by Gasteiger charge is 2.64. The Bertz CT molecular complexity index is 476. The fraction of sp³-hybridized carbons (Fsp3) is 0.647. The zero-order valence-electron chi connectivity index (χ0n) is 12.5. The summed E-state index contributed by atoms with van der Waals surface area (Å²) in [5.41, 5.74) is 9.88. The van der Waals surface area contributed by atoms with Gasteiger partial charge in [-0.3, -0.25) is 0 Å². The van der Waals surface area contributed by atoms with Crippen molar-refractivity contribution >= 4 is 0 Å². The number of hydrogen-bond acceptors (Lipinski definition) is 2. The minimum atomic E-state index is 0.203. The van der Waals surface area contributed by atoms with Gasteiger partial charge in [-0.1, -0.05) is 52.0 Å². The monoisotopic (exact) mass is 258 g/mol. The van der Waals surface area contributed by atoms with E-state index in [1.165, 1.54) is 11.1 Å². The van der Waals surface area contributed by atoms with Crippen molar-refractivity contribution in [2.75, 3.05) is 6.54 Å². The van der Waals surface area contributed by atoms with Gasteiger partial charge >= 0.3 is 0 Å². The lowest BCUT2D eigenvalue weighted by molar-refractivity contribution is 0.452. The summed E-state index contributed by atoms with van der Waals surface area (Å²) >= 11 is 0. The first-order valence-electron chi connectivity index (χ1n) is 7.43. The summed E-state index contributed by atoms with van der Waals surface area (Å²) in [7, 11) is 0. The Morgan fingerprint density at radius 2 is 1.68 bits per heavy atom. The zero-order valence-corrected chi connectivity index (χ0v) is 12.5. The van der Waals surface area contributed by atoms with E-state index in [0.717, 1.165) is 18.9 Å². The van der Waals surface area contributed by atoms with Crippen LogP contribution in [0.5, 0.6) is 0 Å². The molecular weight excluding hydrogens is 232 g/mol. The van der Waals surface area contributed by atoms with Gasteiger partial charge in [0, 0.05) is 12.1 Å². The predicted molar refractivity (Wildman–Crippen MR) is 79.8 cm³/mol. The standard InChI is InChI=1S/C17H26N2/c1-16(2)15(17(16,3)4)10-19-14-9-13(18)11-7-5-6-8-12(11)14/h5-8,13-15,19H,9-10,18H2,1-4H3. The van der Waals surface area contributed by atoms with E-state index in [1.54, 1.807) is 0 Å². The molecule has 1 aromatic carbocycles. The van der Waals surface area contributed by atoms with Crippen LogP contribution >= 0.6 is 0 Å². The SMILES string of the molecule is CC1(C)C(CNC2CC(N)c3ccccc32)C1(C)C. The second kappa shape index (κ2) is 4.07. The molecule has 2 nitrogen and oxygen atoms in total. The second-order valence-corrected chi connectivity index (χ2v) is 7.43. The van der Waals surface area contributed by atoms with Crippen molar-refractivity contribution in [3.8, 4) is 0 Å². The van der Waals surface area contributed by atoms with Crippen molar-refractivity contribution in [1.82, 2.24) is 5.32 Å². The van der Waals surface area contributed by atoms with Crippen LogP contribution in [0.1, 0.15) is 57.3 Å². The average molecular weight is 258 g/mol. The highest BCUT2D eigenvalue weighted by atomic mass is 15.0. The Balaban J connectivity index is 1.68. The topological polar surface area (TPSA) is 38.0 Å². The molecule has 0 saturated heterocycles. The van der Waals surface area contributed by atoms with Gasteiger partial charge in [-0.05, 0) is 40.8 Å². The Hall–Kier alpha value is -0.860. The van der Waals surface area contributed by atoms with Gasteiger partial charge in [0.05, 0.1) is 0 Å². The molecule has 19 heavy (non-hydrogen) atoms. The molecule has 2 unspecified atom stereocenters. The molecule has 0 aromatic heterocycles. The molecule has 0 spiro atoms. The van der Waals surface area contributed by atoms with Crippen LogP contribution in [0.25, 0.3) is 0 Å². The van der Waals surface area contributed by atoms with Gasteiger partial charge in [-0.25, -0.2) is 0 Å². The van der Waals surface area contributed by atoms with E-state index in [2.05, 4.69) is 57.3 Å². The quantitative estimate of drug-likeness (QED) is 0.872. The van der Waals surface area contributed by atoms with Crippen LogP contribution in [-0.2, 0) is 0 Å². The zero-order chi connectivity index (χ0) is 13.8. The first kappa shape index (κ1) is 13.1. The van der Waals surface area contributed by atoms with Crippen LogP contribution in [0.3, 0.4) is 0 Å². The third kappa shape index (κ3) is 1.85.